The molecule has 0 aliphatic carbocycles. The lowest BCUT2D eigenvalue weighted by molar-refractivity contribution is -0.115. The van der Waals surface area contributed by atoms with E-state index in [1.165, 1.54) is 0 Å². The van der Waals surface area contributed by atoms with Crippen LogP contribution >= 0.6 is 23.2 Å². The van der Waals surface area contributed by atoms with Gasteiger partial charge in [-0.25, -0.2) is 4.68 Å². The van der Waals surface area contributed by atoms with Gasteiger partial charge in [0.1, 0.15) is 0 Å². The molecule has 146 valence electrons. The third kappa shape index (κ3) is 5.10. The van der Waals surface area contributed by atoms with Crippen LogP contribution in [0.5, 0.6) is 0 Å². The summed E-state index contributed by atoms with van der Waals surface area (Å²) in [4.78, 5) is 12.3. The predicted octanol–water partition coefficient (Wildman–Crippen LogP) is 3.66. The Kier molecular flexibility index (Phi) is 6.67. The van der Waals surface area contributed by atoms with Crippen molar-refractivity contribution in [2.45, 2.75) is 26.3 Å². The number of amides is 1. The number of hydrogen-bond donors (Lipinski definition) is 2. The lowest BCUT2D eigenvalue weighted by Gasteiger charge is -2.07. The number of nitrogens with zero attached hydrogens (tertiary/aromatic N) is 3. The van der Waals surface area contributed by atoms with Crippen LogP contribution in [0.25, 0.3) is 0 Å². The summed E-state index contributed by atoms with van der Waals surface area (Å²) < 4.78 is 1.73. The minimum absolute atomic E-state index is 0.100. The van der Waals surface area contributed by atoms with E-state index in [9.17, 15) is 4.79 Å². The van der Waals surface area contributed by atoms with Gasteiger partial charge in [0.15, 0.2) is 0 Å². The molecule has 1 aromatic heterocycles. The highest BCUT2D eigenvalue weighted by Gasteiger charge is 2.14. The van der Waals surface area contributed by atoms with Gasteiger partial charge in [0, 0.05) is 12.3 Å². The molecule has 2 N–H and O–H groups in total. The summed E-state index contributed by atoms with van der Waals surface area (Å²) in [5, 5.41) is 21.1. The van der Waals surface area contributed by atoms with Gasteiger partial charge < -0.3 is 10.4 Å². The summed E-state index contributed by atoms with van der Waals surface area (Å²) in [7, 11) is 0. The second-order valence-corrected chi connectivity index (χ2v) is 7.24. The molecule has 2 aromatic carbocycles. The Morgan fingerprint density at radius 3 is 2.50 bits per heavy atom. The van der Waals surface area contributed by atoms with E-state index in [-0.39, 0.29) is 18.9 Å². The first-order valence-corrected chi connectivity index (χ1v) is 9.54. The van der Waals surface area contributed by atoms with Crippen LogP contribution < -0.4 is 5.32 Å². The largest absolute Gasteiger partial charge is 0.396 e. The predicted molar refractivity (Wildman–Crippen MR) is 110 cm³/mol. The quantitative estimate of drug-likeness (QED) is 0.613. The molecule has 0 aliphatic heterocycles. The number of carbonyl (C=O) groups excluding carboxylic acids is 1. The zero-order chi connectivity index (χ0) is 20.1. The van der Waals surface area contributed by atoms with Gasteiger partial charge in [0.2, 0.25) is 5.91 Å². The van der Waals surface area contributed by atoms with Crippen LogP contribution in [0.2, 0.25) is 10.0 Å². The van der Waals surface area contributed by atoms with E-state index in [1.54, 1.807) is 16.8 Å². The van der Waals surface area contributed by atoms with Gasteiger partial charge in [0.25, 0.3) is 0 Å². The van der Waals surface area contributed by atoms with Crippen LogP contribution in [-0.4, -0.2) is 32.6 Å². The molecule has 0 saturated carbocycles. The molecular formula is C20H20Cl2N4O2. The van der Waals surface area contributed by atoms with Crippen molar-refractivity contribution in [1.29, 1.82) is 0 Å². The van der Waals surface area contributed by atoms with E-state index in [1.807, 2.05) is 37.3 Å². The van der Waals surface area contributed by atoms with Crippen LogP contribution in [0.15, 0.2) is 42.5 Å². The van der Waals surface area contributed by atoms with Crippen molar-refractivity contribution >= 4 is 34.8 Å². The summed E-state index contributed by atoms with van der Waals surface area (Å²) in [5.41, 5.74) is 4.10. The number of rotatable bonds is 7. The van der Waals surface area contributed by atoms with E-state index >= 15 is 0 Å². The summed E-state index contributed by atoms with van der Waals surface area (Å²) in [5.74, 6) is -0.167. The molecule has 0 bridgehead atoms. The third-order valence-electron chi connectivity index (χ3n) is 4.36. The van der Waals surface area contributed by atoms with E-state index in [0.29, 0.717) is 34.4 Å². The molecule has 0 atom stereocenters. The average Bonchev–Trinajstić information content (AvgIpc) is 3.00. The van der Waals surface area contributed by atoms with Crippen molar-refractivity contribution in [2.75, 3.05) is 11.9 Å². The average molecular weight is 419 g/mol. The maximum atomic E-state index is 12.3. The van der Waals surface area contributed by atoms with Crippen molar-refractivity contribution < 1.29 is 9.90 Å². The van der Waals surface area contributed by atoms with Crippen LogP contribution in [0.4, 0.5) is 5.69 Å². The SMILES string of the molecule is Cc1c(CC(=O)Nc2ccc(CCO)cc2)nnn1Cc1ccc(Cl)c(Cl)c1. The molecule has 0 spiro atoms. The molecule has 0 fully saturated rings. The molecule has 8 heteroatoms. The van der Waals surface area contributed by atoms with Crippen LogP contribution in [-0.2, 0) is 24.2 Å². The second-order valence-electron chi connectivity index (χ2n) is 6.42. The fourth-order valence-corrected chi connectivity index (χ4v) is 3.08. The minimum atomic E-state index is -0.167. The summed E-state index contributed by atoms with van der Waals surface area (Å²) >= 11 is 12.0. The van der Waals surface area contributed by atoms with Crippen molar-refractivity contribution in [3.05, 3.63) is 75.0 Å². The highest BCUT2D eigenvalue weighted by Crippen LogP contribution is 2.23. The first-order valence-electron chi connectivity index (χ1n) is 8.79. The topological polar surface area (TPSA) is 80.0 Å². The fraction of sp³-hybridized carbons (Fsp3) is 0.250. The highest BCUT2D eigenvalue weighted by molar-refractivity contribution is 6.42. The zero-order valence-corrected chi connectivity index (χ0v) is 16.8. The van der Waals surface area contributed by atoms with Crippen molar-refractivity contribution in [3.8, 4) is 0 Å². The number of aliphatic hydroxyl groups excluding tert-OH is 1. The van der Waals surface area contributed by atoms with Gasteiger partial charge in [0.05, 0.1) is 34.4 Å². The van der Waals surface area contributed by atoms with Crippen LogP contribution in [0, 0.1) is 6.92 Å². The molecule has 28 heavy (non-hydrogen) atoms. The van der Waals surface area contributed by atoms with E-state index < -0.39 is 0 Å². The summed E-state index contributed by atoms with van der Waals surface area (Å²) in [6.07, 6.45) is 0.723. The van der Waals surface area contributed by atoms with Gasteiger partial charge in [-0.05, 0) is 48.7 Å². The normalized spacial score (nSPS) is 10.9. The van der Waals surface area contributed by atoms with Crippen LogP contribution in [0.1, 0.15) is 22.5 Å². The molecule has 0 saturated heterocycles. The Bertz CT molecular complexity index is 971. The molecule has 1 amide bonds. The zero-order valence-electron chi connectivity index (χ0n) is 15.3. The molecule has 6 nitrogen and oxygen atoms in total. The Morgan fingerprint density at radius 2 is 1.82 bits per heavy atom. The molecule has 3 aromatic rings. The Hall–Kier alpha value is -2.41. The minimum Gasteiger partial charge on any atom is -0.396 e. The standard InChI is InChI=1S/C20H20Cl2N4O2/c1-13-19(11-20(28)23-16-5-2-14(3-6-16)8-9-27)24-25-26(13)12-15-4-7-17(21)18(22)10-15/h2-7,10,27H,8-9,11-12H2,1H3,(H,23,28). The number of halogens is 2. The van der Waals surface area contributed by atoms with Gasteiger partial charge in [-0.2, -0.15) is 0 Å². The maximum absolute atomic E-state index is 12.3. The monoisotopic (exact) mass is 418 g/mol. The second kappa shape index (κ2) is 9.19. The van der Waals surface area contributed by atoms with Crippen molar-refractivity contribution in [1.82, 2.24) is 15.0 Å². The lowest BCUT2D eigenvalue weighted by atomic mass is 10.1. The first-order chi connectivity index (χ1) is 13.5. The van der Waals surface area contributed by atoms with Crippen LogP contribution in [0.3, 0.4) is 0 Å². The number of anilines is 1. The number of aliphatic hydroxyl groups is 1. The Labute approximate surface area is 173 Å². The lowest BCUT2D eigenvalue weighted by Crippen LogP contribution is -2.15. The van der Waals surface area contributed by atoms with E-state index in [2.05, 4.69) is 15.6 Å². The van der Waals surface area contributed by atoms with Gasteiger partial charge in [-0.15, -0.1) is 5.10 Å². The van der Waals surface area contributed by atoms with E-state index in [4.69, 9.17) is 28.3 Å². The molecule has 0 aliphatic rings. The highest BCUT2D eigenvalue weighted by atomic mass is 35.5. The molecule has 0 unspecified atom stereocenters. The summed E-state index contributed by atoms with van der Waals surface area (Å²) in [6.45, 7) is 2.47. The van der Waals surface area contributed by atoms with Gasteiger partial charge in [-0.3, -0.25) is 4.79 Å². The van der Waals surface area contributed by atoms with E-state index in [0.717, 1.165) is 16.8 Å². The van der Waals surface area contributed by atoms with Crippen molar-refractivity contribution in [2.24, 2.45) is 0 Å². The first kappa shape index (κ1) is 20.3. The fourth-order valence-electron chi connectivity index (χ4n) is 2.76. The molecule has 3 rings (SSSR count). The van der Waals surface area contributed by atoms with Gasteiger partial charge in [-0.1, -0.05) is 46.6 Å². The molecular weight excluding hydrogens is 399 g/mol. The number of benzene rings is 2. The molecule has 1 heterocycles. The maximum Gasteiger partial charge on any atom is 0.230 e. The smallest absolute Gasteiger partial charge is 0.230 e. The molecule has 0 radical (unpaired) electrons. The Balaban J connectivity index is 1.63. The third-order valence-corrected chi connectivity index (χ3v) is 5.10. The summed E-state index contributed by atoms with van der Waals surface area (Å²) in [6, 6.07) is 12.8. The number of nitrogens with one attached hydrogen (secondary N) is 1. The van der Waals surface area contributed by atoms with Crippen molar-refractivity contribution in [3.63, 3.8) is 0 Å². The Morgan fingerprint density at radius 1 is 1.11 bits per heavy atom. The number of aromatic nitrogens is 3. The van der Waals surface area contributed by atoms with Gasteiger partial charge >= 0.3 is 0 Å². The number of carbonyl (C=O) groups is 1. The number of hydrogen-bond acceptors (Lipinski definition) is 4.